The Morgan fingerprint density at radius 1 is 1.10 bits per heavy atom. The number of nitrogens with one attached hydrogen (secondary N) is 1. The van der Waals surface area contributed by atoms with E-state index in [9.17, 15) is 13.6 Å². The molecule has 2 aromatic rings. The number of rotatable bonds is 3. The highest BCUT2D eigenvalue weighted by atomic mass is 19.1. The Hall–Kier alpha value is -2.56. The number of aryl methyl sites for hydroxylation is 1. The summed E-state index contributed by atoms with van der Waals surface area (Å²) in [6, 6.07) is 10.1. The van der Waals surface area contributed by atoms with Gasteiger partial charge in [-0.15, -0.1) is 0 Å². The molecular formula is C16H14F2N2O. The molecule has 0 aliphatic carbocycles. The third-order valence-corrected chi connectivity index (χ3v) is 3.03. The molecule has 5 heteroatoms. The molecule has 0 heterocycles. The molecule has 0 bridgehead atoms. The van der Waals surface area contributed by atoms with Crippen LogP contribution in [0.1, 0.15) is 28.4 Å². The number of carbonyl (C=O) groups is 1. The predicted octanol–water partition coefficient (Wildman–Crippen LogP) is 3.43. The van der Waals surface area contributed by atoms with Crippen molar-refractivity contribution >= 4 is 11.6 Å². The molecule has 0 aromatic heterocycles. The summed E-state index contributed by atoms with van der Waals surface area (Å²) in [5, 5.41) is 3.82. The smallest absolute Gasteiger partial charge is 0.267 e. The van der Waals surface area contributed by atoms with Crippen LogP contribution in [-0.2, 0) is 0 Å². The summed E-state index contributed by atoms with van der Waals surface area (Å²) in [7, 11) is 0. The molecule has 2 aromatic carbocycles. The van der Waals surface area contributed by atoms with Crippen LogP contribution >= 0.6 is 0 Å². The number of hydrogen-bond donors (Lipinski definition) is 1. The second-order valence-electron chi connectivity index (χ2n) is 4.58. The van der Waals surface area contributed by atoms with Crippen molar-refractivity contribution in [1.29, 1.82) is 0 Å². The Bertz CT molecular complexity index is 711. The summed E-state index contributed by atoms with van der Waals surface area (Å²) in [5.74, 6) is -1.56. The van der Waals surface area contributed by atoms with Gasteiger partial charge >= 0.3 is 0 Å². The molecule has 0 fully saturated rings. The van der Waals surface area contributed by atoms with Gasteiger partial charge in [-0.2, -0.15) is 5.10 Å². The average molecular weight is 288 g/mol. The zero-order chi connectivity index (χ0) is 15.4. The Morgan fingerprint density at radius 3 is 2.52 bits per heavy atom. The first-order valence-electron chi connectivity index (χ1n) is 6.34. The summed E-state index contributed by atoms with van der Waals surface area (Å²) in [5.41, 5.74) is 3.83. The maximum absolute atomic E-state index is 13.6. The highest BCUT2D eigenvalue weighted by molar-refractivity contribution is 6.01. The van der Waals surface area contributed by atoms with E-state index in [-0.39, 0.29) is 11.3 Å². The van der Waals surface area contributed by atoms with Gasteiger partial charge in [0.1, 0.15) is 11.6 Å². The van der Waals surface area contributed by atoms with Crippen LogP contribution in [0.25, 0.3) is 0 Å². The zero-order valence-corrected chi connectivity index (χ0v) is 11.7. The lowest BCUT2D eigenvalue weighted by atomic mass is 10.1. The fraction of sp³-hybridized carbons (Fsp3) is 0.125. The van der Waals surface area contributed by atoms with Crippen molar-refractivity contribution in [2.75, 3.05) is 0 Å². The zero-order valence-electron chi connectivity index (χ0n) is 11.7. The van der Waals surface area contributed by atoms with E-state index < -0.39 is 17.5 Å². The van der Waals surface area contributed by atoms with Gasteiger partial charge in [0.2, 0.25) is 0 Å². The normalized spacial score (nSPS) is 11.3. The van der Waals surface area contributed by atoms with Crippen LogP contribution < -0.4 is 5.43 Å². The summed E-state index contributed by atoms with van der Waals surface area (Å²) < 4.78 is 26.7. The van der Waals surface area contributed by atoms with Gasteiger partial charge in [0.05, 0.1) is 5.71 Å². The number of hydrogen-bond acceptors (Lipinski definition) is 2. The van der Waals surface area contributed by atoms with Crippen molar-refractivity contribution in [3.8, 4) is 0 Å². The second kappa shape index (κ2) is 6.26. The highest BCUT2D eigenvalue weighted by Gasteiger charge is 2.10. The standard InChI is InChI=1S/C16H14F2N2O/c1-10-5-3-4-6-13(10)16(21)20-19-11(2)14-9-12(17)7-8-15(14)18/h3-9H,1-2H3,(H,20,21)/b19-11-. The topological polar surface area (TPSA) is 41.5 Å². The van der Waals surface area contributed by atoms with Gasteiger partial charge < -0.3 is 0 Å². The first-order chi connectivity index (χ1) is 9.99. The second-order valence-corrected chi connectivity index (χ2v) is 4.58. The van der Waals surface area contributed by atoms with Crippen molar-refractivity contribution in [3.05, 3.63) is 70.8 Å². The molecule has 0 atom stereocenters. The monoisotopic (exact) mass is 288 g/mol. The summed E-state index contributed by atoms with van der Waals surface area (Å²) in [6.45, 7) is 3.30. The molecule has 0 unspecified atom stereocenters. The van der Waals surface area contributed by atoms with E-state index in [2.05, 4.69) is 10.5 Å². The molecule has 0 saturated carbocycles. The SMILES string of the molecule is C/C(=N/NC(=O)c1ccccc1C)c1cc(F)ccc1F. The number of halogens is 2. The van der Waals surface area contributed by atoms with Gasteiger partial charge in [-0.3, -0.25) is 4.79 Å². The van der Waals surface area contributed by atoms with E-state index in [0.29, 0.717) is 5.56 Å². The minimum absolute atomic E-state index is 0.0140. The first kappa shape index (κ1) is 14.8. The van der Waals surface area contributed by atoms with E-state index in [4.69, 9.17) is 0 Å². The molecule has 0 aliphatic rings. The molecule has 0 spiro atoms. The molecule has 0 aliphatic heterocycles. The summed E-state index contributed by atoms with van der Waals surface area (Å²) >= 11 is 0. The van der Waals surface area contributed by atoms with Gasteiger partial charge in [-0.25, -0.2) is 14.2 Å². The molecule has 3 nitrogen and oxygen atoms in total. The van der Waals surface area contributed by atoms with Crippen LogP contribution in [0.15, 0.2) is 47.6 Å². The van der Waals surface area contributed by atoms with E-state index >= 15 is 0 Å². The molecule has 21 heavy (non-hydrogen) atoms. The van der Waals surface area contributed by atoms with Gasteiger partial charge in [0, 0.05) is 11.1 Å². The number of hydrazone groups is 1. The van der Waals surface area contributed by atoms with Crippen LogP contribution in [0.4, 0.5) is 8.78 Å². The fourth-order valence-corrected chi connectivity index (χ4v) is 1.86. The van der Waals surface area contributed by atoms with E-state index in [1.54, 1.807) is 25.1 Å². The number of amides is 1. The lowest BCUT2D eigenvalue weighted by Gasteiger charge is -2.06. The molecule has 108 valence electrons. The maximum Gasteiger partial charge on any atom is 0.271 e. The van der Waals surface area contributed by atoms with Crippen molar-refractivity contribution in [1.82, 2.24) is 5.43 Å². The predicted molar refractivity (Wildman–Crippen MR) is 77.2 cm³/mol. The van der Waals surface area contributed by atoms with Crippen LogP contribution in [0.2, 0.25) is 0 Å². The number of nitrogens with zero attached hydrogens (tertiary/aromatic N) is 1. The Labute approximate surface area is 121 Å². The maximum atomic E-state index is 13.6. The molecule has 0 saturated heterocycles. The lowest BCUT2D eigenvalue weighted by molar-refractivity contribution is 0.0954. The van der Waals surface area contributed by atoms with Crippen LogP contribution in [0.3, 0.4) is 0 Å². The third kappa shape index (κ3) is 3.51. The van der Waals surface area contributed by atoms with Crippen molar-refractivity contribution in [3.63, 3.8) is 0 Å². The average Bonchev–Trinajstić information content (AvgIpc) is 2.47. The lowest BCUT2D eigenvalue weighted by Crippen LogP contribution is -2.20. The molecule has 0 radical (unpaired) electrons. The quantitative estimate of drug-likeness (QED) is 0.682. The van der Waals surface area contributed by atoms with Crippen molar-refractivity contribution in [2.45, 2.75) is 13.8 Å². The Kier molecular flexibility index (Phi) is 4.42. The van der Waals surface area contributed by atoms with E-state index in [1.165, 1.54) is 6.92 Å². The van der Waals surface area contributed by atoms with Crippen LogP contribution in [0, 0.1) is 18.6 Å². The van der Waals surface area contributed by atoms with Crippen LogP contribution in [-0.4, -0.2) is 11.6 Å². The van der Waals surface area contributed by atoms with Crippen molar-refractivity contribution in [2.24, 2.45) is 5.10 Å². The van der Waals surface area contributed by atoms with Gasteiger partial charge in [0.15, 0.2) is 0 Å². The van der Waals surface area contributed by atoms with Crippen LogP contribution in [0.5, 0.6) is 0 Å². The van der Waals surface area contributed by atoms with Gasteiger partial charge in [0.25, 0.3) is 5.91 Å². The largest absolute Gasteiger partial charge is 0.271 e. The highest BCUT2D eigenvalue weighted by Crippen LogP contribution is 2.11. The number of benzene rings is 2. The molecule has 2 rings (SSSR count). The molecule has 1 amide bonds. The molecule has 1 N–H and O–H groups in total. The Balaban J connectivity index is 2.19. The Morgan fingerprint density at radius 2 is 1.81 bits per heavy atom. The van der Waals surface area contributed by atoms with Gasteiger partial charge in [-0.1, -0.05) is 18.2 Å². The third-order valence-electron chi connectivity index (χ3n) is 3.03. The number of carbonyl (C=O) groups excluding carboxylic acids is 1. The van der Waals surface area contributed by atoms with E-state index in [0.717, 1.165) is 23.8 Å². The fourth-order valence-electron chi connectivity index (χ4n) is 1.86. The summed E-state index contributed by atoms with van der Waals surface area (Å²) in [6.07, 6.45) is 0. The van der Waals surface area contributed by atoms with Gasteiger partial charge in [-0.05, 0) is 43.7 Å². The van der Waals surface area contributed by atoms with E-state index in [1.807, 2.05) is 6.07 Å². The minimum atomic E-state index is -0.595. The minimum Gasteiger partial charge on any atom is -0.267 e. The summed E-state index contributed by atoms with van der Waals surface area (Å²) in [4.78, 5) is 12.0. The molecular weight excluding hydrogens is 274 g/mol. The first-order valence-corrected chi connectivity index (χ1v) is 6.34. The van der Waals surface area contributed by atoms with Crippen molar-refractivity contribution < 1.29 is 13.6 Å².